The van der Waals surface area contributed by atoms with Gasteiger partial charge in [-0.2, -0.15) is 0 Å². The number of halogens is 1. The summed E-state index contributed by atoms with van der Waals surface area (Å²) in [6.07, 6.45) is 0.283. The van der Waals surface area contributed by atoms with E-state index in [0.29, 0.717) is 10.7 Å². The molecule has 2 aromatic carbocycles. The molecular formula is C18H19ClN2O2. The van der Waals surface area contributed by atoms with Gasteiger partial charge in [0.15, 0.2) is 0 Å². The van der Waals surface area contributed by atoms with Crippen molar-refractivity contribution >= 4 is 29.1 Å². The Morgan fingerprint density at radius 3 is 2.26 bits per heavy atom. The summed E-state index contributed by atoms with van der Waals surface area (Å²) in [6, 6.07) is 14.6. The van der Waals surface area contributed by atoms with Crippen molar-refractivity contribution in [2.24, 2.45) is 0 Å². The van der Waals surface area contributed by atoms with Crippen LogP contribution in [-0.2, 0) is 16.0 Å². The van der Waals surface area contributed by atoms with Gasteiger partial charge in [0.1, 0.15) is 0 Å². The van der Waals surface area contributed by atoms with Gasteiger partial charge in [0, 0.05) is 17.8 Å². The van der Waals surface area contributed by atoms with E-state index in [1.165, 1.54) is 4.90 Å². The van der Waals surface area contributed by atoms with E-state index in [4.69, 9.17) is 11.6 Å². The summed E-state index contributed by atoms with van der Waals surface area (Å²) in [5.74, 6) is -0.341. The van der Waals surface area contributed by atoms with Crippen molar-refractivity contribution in [2.75, 3.05) is 18.9 Å². The molecule has 0 aromatic heterocycles. The second kappa shape index (κ2) is 7.79. The number of hydrogen-bond acceptors (Lipinski definition) is 2. The highest BCUT2D eigenvalue weighted by Gasteiger charge is 2.13. The first-order valence-electron chi connectivity index (χ1n) is 7.29. The molecule has 0 saturated carbocycles. The van der Waals surface area contributed by atoms with Crippen LogP contribution in [0, 0.1) is 6.92 Å². The monoisotopic (exact) mass is 330 g/mol. The van der Waals surface area contributed by atoms with E-state index in [-0.39, 0.29) is 24.8 Å². The number of benzene rings is 2. The van der Waals surface area contributed by atoms with Gasteiger partial charge in [0.25, 0.3) is 0 Å². The normalized spacial score (nSPS) is 10.2. The molecular weight excluding hydrogens is 312 g/mol. The van der Waals surface area contributed by atoms with Gasteiger partial charge in [0.05, 0.1) is 13.0 Å². The Kier molecular flexibility index (Phi) is 5.77. The van der Waals surface area contributed by atoms with Crippen molar-refractivity contribution in [3.63, 3.8) is 0 Å². The van der Waals surface area contributed by atoms with Gasteiger partial charge in [-0.15, -0.1) is 0 Å². The molecule has 4 nitrogen and oxygen atoms in total. The molecule has 0 fully saturated rings. The van der Waals surface area contributed by atoms with E-state index in [1.807, 2.05) is 31.2 Å². The topological polar surface area (TPSA) is 49.4 Å². The van der Waals surface area contributed by atoms with Gasteiger partial charge in [-0.3, -0.25) is 9.59 Å². The fourth-order valence-electron chi connectivity index (χ4n) is 2.05. The lowest BCUT2D eigenvalue weighted by Gasteiger charge is -2.17. The average Bonchev–Trinajstić information content (AvgIpc) is 2.51. The summed E-state index contributed by atoms with van der Waals surface area (Å²) in [6.45, 7) is 2.01. The van der Waals surface area contributed by atoms with Crippen LogP contribution in [0.4, 0.5) is 5.69 Å². The standard InChI is InChI=1S/C18H19ClN2O2/c1-13-3-5-14(6-4-13)11-18(23)21(2)12-17(22)20-16-9-7-15(19)8-10-16/h3-10H,11-12H2,1-2H3,(H,20,22). The minimum Gasteiger partial charge on any atom is -0.336 e. The van der Waals surface area contributed by atoms with Gasteiger partial charge >= 0.3 is 0 Å². The number of nitrogens with one attached hydrogen (secondary N) is 1. The maximum atomic E-state index is 12.2. The van der Waals surface area contributed by atoms with Crippen molar-refractivity contribution in [3.8, 4) is 0 Å². The zero-order chi connectivity index (χ0) is 16.8. The zero-order valence-electron chi connectivity index (χ0n) is 13.2. The fraction of sp³-hybridized carbons (Fsp3) is 0.222. The highest BCUT2D eigenvalue weighted by Crippen LogP contribution is 2.13. The molecule has 0 unspecified atom stereocenters. The summed E-state index contributed by atoms with van der Waals surface area (Å²) in [5.41, 5.74) is 2.74. The van der Waals surface area contributed by atoms with E-state index < -0.39 is 0 Å². The third kappa shape index (κ3) is 5.42. The molecule has 0 bridgehead atoms. The molecule has 0 radical (unpaired) electrons. The van der Waals surface area contributed by atoms with Gasteiger partial charge < -0.3 is 10.2 Å². The third-order valence-electron chi connectivity index (χ3n) is 3.41. The second-order valence-electron chi connectivity index (χ2n) is 5.47. The number of nitrogens with zero attached hydrogens (tertiary/aromatic N) is 1. The zero-order valence-corrected chi connectivity index (χ0v) is 13.9. The highest BCUT2D eigenvalue weighted by molar-refractivity contribution is 6.30. The summed E-state index contributed by atoms with van der Waals surface area (Å²) in [5, 5.41) is 3.34. The third-order valence-corrected chi connectivity index (χ3v) is 3.66. The van der Waals surface area contributed by atoms with E-state index in [2.05, 4.69) is 5.32 Å². The molecule has 1 N–H and O–H groups in total. The van der Waals surface area contributed by atoms with Crippen molar-refractivity contribution in [3.05, 3.63) is 64.7 Å². The molecule has 0 aliphatic carbocycles. The molecule has 5 heteroatoms. The maximum Gasteiger partial charge on any atom is 0.243 e. The lowest BCUT2D eigenvalue weighted by Crippen LogP contribution is -2.35. The Labute approximate surface area is 141 Å². The first-order chi connectivity index (χ1) is 10.9. The molecule has 120 valence electrons. The molecule has 2 rings (SSSR count). The smallest absolute Gasteiger partial charge is 0.243 e. The molecule has 2 aromatic rings. The van der Waals surface area contributed by atoms with E-state index in [1.54, 1.807) is 31.3 Å². The number of anilines is 1. The number of amides is 2. The van der Waals surface area contributed by atoms with Crippen molar-refractivity contribution in [1.29, 1.82) is 0 Å². The summed E-state index contributed by atoms with van der Waals surface area (Å²) in [4.78, 5) is 25.6. The predicted molar refractivity (Wildman–Crippen MR) is 92.6 cm³/mol. The first-order valence-corrected chi connectivity index (χ1v) is 7.67. The Morgan fingerprint density at radius 1 is 1.04 bits per heavy atom. The molecule has 2 amide bonds. The van der Waals surface area contributed by atoms with Crippen LogP contribution in [0.5, 0.6) is 0 Å². The number of carbonyl (C=O) groups is 2. The number of carbonyl (C=O) groups excluding carboxylic acids is 2. The number of likely N-dealkylation sites (N-methyl/N-ethyl adjacent to an activating group) is 1. The van der Waals surface area contributed by atoms with Gasteiger partial charge in [-0.05, 0) is 36.8 Å². The molecule has 0 aliphatic heterocycles. The molecule has 0 saturated heterocycles. The van der Waals surface area contributed by atoms with Crippen LogP contribution in [0.15, 0.2) is 48.5 Å². The molecule has 0 spiro atoms. The Bertz CT molecular complexity index is 681. The van der Waals surface area contributed by atoms with Crippen LogP contribution in [0.1, 0.15) is 11.1 Å². The number of hydrogen-bond donors (Lipinski definition) is 1. The average molecular weight is 331 g/mol. The summed E-state index contributed by atoms with van der Waals surface area (Å²) in [7, 11) is 1.62. The fourth-order valence-corrected chi connectivity index (χ4v) is 2.18. The Hall–Kier alpha value is -2.33. The van der Waals surface area contributed by atoms with Crippen LogP contribution in [-0.4, -0.2) is 30.3 Å². The molecule has 0 atom stereocenters. The summed E-state index contributed by atoms with van der Waals surface area (Å²) < 4.78 is 0. The predicted octanol–water partition coefficient (Wildman–Crippen LogP) is 3.29. The van der Waals surface area contributed by atoms with E-state index >= 15 is 0 Å². The SMILES string of the molecule is Cc1ccc(CC(=O)N(C)CC(=O)Nc2ccc(Cl)cc2)cc1. The highest BCUT2D eigenvalue weighted by atomic mass is 35.5. The minimum absolute atomic E-state index is 0.00726. The van der Waals surface area contributed by atoms with Crippen LogP contribution < -0.4 is 5.32 Å². The minimum atomic E-state index is -0.243. The van der Waals surface area contributed by atoms with Crippen LogP contribution in [0.25, 0.3) is 0 Å². The van der Waals surface area contributed by atoms with Crippen LogP contribution in [0.3, 0.4) is 0 Å². The van der Waals surface area contributed by atoms with Crippen LogP contribution in [0.2, 0.25) is 5.02 Å². The number of aryl methyl sites for hydroxylation is 1. The van der Waals surface area contributed by atoms with E-state index in [9.17, 15) is 9.59 Å². The quantitative estimate of drug-likeness (QED) is 0.914. The lowest BCUT2D eigenvalue weighted by atomic mass is 10.1. The van der Waals surface area contributed by atoms with Gasteiger partial charge in [-0.1, -0.05) is 41.4 Å². The molecule has 23 heavy (non-hydrogen) atoms. The first kappa shape index (κ1) is 17.0. The maximum absolute atomic E-state index is 12.2. The van der Waals surface area contributed by atoms with Crippen molar-refractivity contribution in [1.82, 2.24) is 4.90 Å². The van der Waals surface area contributed by atoms with Crippen LogP contribution >= 0.6 is 11.6 Å². The van der Waals surface area contributed by atoms with Crippen molar-refractivity contribution < 1.29 is 9.59 Å². The lowest BCUT2D eigenvalue weighted by molar-refractivity contribution is -0.132. The largest absolute Gasteiger partial charge is 0.336 e. The van der Waals surface area contributed by atoms with Gasteiger partial charge in [-0.25, -0.2) is 0 Å². The Balaban J connectivity index is 1.86. The molecule has 0 aliphatic rings. The van der Waals surface area contributed by atoms with E-state index in [0.717, 1.165) is 11.1 Å². The second-order valence-corrected chi connectivity index (χ2v) is 5.90. The van der Waals surface area contributed by atoms with Crippen molar-refractivity contribution in [2.45, 2.75) is 13.3 Å². The Morgan fingerprint density at radius 2 is 1.65 bits per heavy atom. The summed E-state index contributed by atoms with van der Waals surface area (Å²) >= 11 is 5.80. The number of rotatable bonds is 5. The van der Waals surface area contributed by atoms with Gasteiger partial charge in [0.2, 0.25) is 11.8 Å². The molecule has 0 heterocycles.